The predicted octanol–water partition coefficient (Wildman–Crippen LogP) is 7.07. The number of pyridine rings is 1. The lowest BCUT2D eigenvalue weighted by Crippen LogP contribution is -2.04. The van der Waals surface area contributed by atoms with Gasteiger partial charge in [-0.1, -0.05) is 76.6 Å². The highest BCUT2D eigenvalue weighted by atomic mass is 79.9. The first-order chi connectivity index (χ1) is 15.8. The third kappa shape index (κ3) is 3.18. The summed E-state index contributed by atoms with van der Waals surface area (Å²) in [6.07, 6.45) is 1.82. The van der Waals surface area contributed by atoms with Gasteiger partial charge in [-0.25, -0.2) is 9.97 Å². The van der Waals surface area contributed by atoms with E-state index in [1.807, 2.05) is 54.7 Å². The van der Waals surface area contributed by atoms with E-state index in [1.165, 1.54) is 0 Å². The smallest absolute Gasteiger partial charge is 0.235 e. The van der Waals surface area contributed by atoms with Crippen LogP contribution < -0.4 is 0 Å². The summed E-state index contributed by atoms with van der Waals surface area (Å²) < 4.78 is 3.10. The van der Waals surface area contributed by atoms with Crippen molar-refractivity contribution in [1.29, 1.82) is 0 Å². The molecule has 3 aromatic carbocycles. The van der Waals surface area contributed by atoms with Crippen molar-refractivity contribution in [2.45, 2.75) is 0 Å². The molecule has 3 aromatic heterocycles. The Bertz CT molecular complexity index is 1520. The van der Waals surface area contributed by atoms with E-state index < -0.39 is 0 Å². The fourth-order valence-electron chi connectivity index (χ4n) is 4.07. The van der Waals surface area contributed by atoms with Gasteiger partial charge >= 0.3 is 0 Å². The SMILES string of the molecule is Brc1ccc2c3ncccc3n(-c3nc(-c4ccccc4)cc(-c4ccccc4)n3)c2c1. The van der Waals surface area contributed by atoms with Crippen LogP contribution in [0.5, 0.6) is 0 Å². The van der Waals surface area contributed by atoms with E-state index in [4.69, 9.17) is 9.97 Å². The largest absolute Gasteiger partial charge is 0.276 e. The van der Waals surface area contributed by atoms with Gasteiger partial charge in [-0.3, -0.25) is 9.55 Å². The van der Waals surface area contributed by atoms with E-state index in [1.54, 1.807) is 0 Å². The first-order valence-electron chi connectivity index (χ1n) is 10.3. The van der Waals surface area contributed by atoms with Gasteiger partial charge in [0.1, 0.15) is 0 Å². The first-order valence-corrected chi connectivity index (χ1v) is 11.1. The van der Waals surface area contributed by atoms with Gasteiger partial charge in [0.25, 0.3) is 0 Å². The summed E-state index contributed by atoms with van der Waals surface area (Å²) in [6.45, 7) is 0. The first kappa shape index (κ1) is 18.9. The highest BCUT2D eigenvalue weighted by molar-refractivity contribution is 9.10. The van der Waals surface area contributed by atoms with E-state index >= 15 is 0 Å². The molecule has 0 unspecified atom stereocenters. The zero-order chi connectivity index (χ0) is 21.5. The number of benzene rings is 3. The van der Waals surface area contributed by atoms with Crippen molar-refractivity contribution in [2.75, 3.05) is 0 Å². The lowest BCUT2D eigenvalue weighted by molar-refractivity contribution is 0.994. The van der Waals surface area contributed by atoms with Gasteiger partial charge in [0.15, 0.2) is 0 Å². The molecule has 0 aliphatic carbocycles. The maximum atomic E-state index is 5.01. The maximum Gasteiger partial charge on any atom is 0.235 e. The van der Waals surface area contributed by atoms with E-state index in [-0.39, 0.29) is 0 Å². The van der Waals surface area contributed by atoms with Gasteiger partial charge < -0.3 is 0 Å². The highest BCUT2D eigenvalue weighted by Gasteiger charge is 2.17. The van der Waals surface area contributed by atoms with Crippen LogP contribution in [-0.2, 0) is 0 Å². The molecule has 0 atom stereocenters. The van der Waals surface area contributed by atoms with E-state index in [0.29, 0.717) is 5.95 Å². The molecule has 0 spiro atoms. The number of aromatic nitrogens is 4. The number of hydrogen-bond donors (Lipinski definition) is 0. The minimum Gasteiger partial charge on any atom is -0.276 e. The standard InChI is InChI=1S/C27H17BrN4/c28-20-13-14-21-25(16-20)32(24-12-7-15-29-26(21)24)27-30-22(18-8-3-1-4-9-18)17-23(31-27)19-10-5-2-6-11-19/h1-17H. The van der Waals surface area contributed by atoms with Crippen LogP contribution in [0.25, 0.3) is 50.4 Å². The quantitative estimate of drug-likeness (QED) is 0.274. The lowest BCUT2D eigenvalue weighted by Gasteiger charge is -2.11. The average molecular weight is 477 g/mol. The Kier molecular flexibility index (Phi) is 4.55. The molecule has 32 heavy (non-hydrogen) atoms. The summed E-state index contributed by atoms with van der Waals surface area (Å²) in [4.78, 5) is 14.7. The van der Waals surface area contributed by atoms with Crippen LogP contribution >= 0.6 is 15.9 Å². The van der Waals surface area contributed by atoms with E-state index in [9.17, 15) is 0 Å². The molecule has 5 heteroatoms. The molecule has 0 saturated carbocycles. The normalized spacial score (nSPS) is 11.3. The fraction of sp³-hybridized carbons (Fsp3) is 0. The maximum absolute atomic E-state index is 5.01. The minimum atomic E-state index is 0.622. The molecule has 0 N–H and O–H groups in total. The van der Waals surface area contributed by atoms with E-state index in [0.717, 1.165) is 48.9 Å². The minimum absolute atomic E-state index is 0.622. The van der Waals surface area contributed by atoms with E-state index in [2.05, 4.69) is 74.0 Å². The molecule has 152 valence electrons. The second-order valence-electron chi connectivity index (χ2n) is 7.54. The summed E-state index contributed by atoms with van der Waals surface area (Å²) in [5.41, 5.74) is 6.78. The molecule has 0 amide bonds. The molecular weight excluding hydrogens is 460 g/mol. The zero-order valence-corrected chi connectivity index (χ0v) is 18.6. The van der Waals surface area contributed by atoms with Gasteiger partial charge in [0, 0.05) is 27.2 Å². The van der Waals surface area contributed by atoms with Gasteiger partial charge in [-0.2, -0.15) is 0 Å². The van der Waals surface area contributed by atoms with Crippen molar-refractivity contribution in [3.05, 3.63) is 108 Å². The molecule has 0 bridgehead atoms. The number of hydrogen-bond acceptors (Lipinski definition) is 3. The number of rotatable bonds is 3. The molecule has 6 aromatic rings. The van der Waals surface area contributed by atoms with Crippen LogP contribution in [0, 0.1) is 0 Å². The fourth-order valence-corrected chi connectivity index (χ4v) is 4.42. The number of halogens is 1. The Labute approximate surface area is 193 Å². The molecule has 3 heterocycles. The van der Waals surface area contributed by atoms with Crippen molar-refractivity contribution >= 4 is 37.9 Å². The molecule has 4 nitrogen and oxygen atoms in total. The monoisotopic (exact) mass is 476 g/mol. The highest BCUT2D eigenvalue weighted by Crippen LogP contribution is 2.33. The molecule has 0 radical (unpaired) electrons. The summed E-state index contributed by atoms with van der Waals surface area (Å²) >= 11 is 3.62. The Morgan fingerprint density at radius 2 is 1.28 bits per heavy atom. The molecule has 0 saturated heterocycles. The number of nitrogens with zero attached hydrogens (tertiary/aromatic N) is 4. The Hall–Kier alpha value is -3.83. The van der Waals surface area contributed by atoms with Gasteiger partial charge in [-0.15, -0.1) is 0 Å². The van der Waals surface area contributed by atoms with Crippen molar-refractivity contribution in [1.82, 2.24) is 19.5 Å². The van der Waals surface area contributed by atoms with Crippen molar-refractivity contribution in [3.63, 3.8) is 0 Å². The van der Waals surface area contributed by atoms with Gasteiger partial charge in [0.05, 0.1) is 27.9 Å². The van der Waals surface area contributed by atoms with Crippen molar-refractivity contribution < 1.29 is 0 Å². The Balaban J connectivity index is 1.70. The van der Waals surface area contributed by atoms with Crippen LogP contribution in [0.2, 0.25) is 0 Å². The summed E-state index contributed by atoms with van der Waals surface area (Å²) in [5, 5.41) is 1.07. The Morgan fingerprint density at radius 1 is 0.625 bits per heavy atom. The van der Waals surface area contributed by atoms with Crippen LogP contribution in [-0.4, -0.2) is 19.5 Å². The third-order valence-corrected chi connectivity index (χ3v) is 6.03. The van der Waals surface area contributed by atoms with Crippen LogP contribution in [0.3, 0.4) is 0 Å². The van der Waals surface area contributed by atoms with Crippen LogP contribution in [0.1, 0.15) is 0 Å². The topological polar surface area (TPSA) is 43.6 Å². The molecule has 6 rings (SSSR count). The molecular formula is C27H17BrN4. The molecule has 0 aliphatic heterocycles. The van der Waals surface area contributed by atoms with Crippen LogP contribution in [0.15, 0.2) is 108 Å². The average Bonchev–Trinajstić information content (AvgIpc) is 3.18. The number of fused-ring (bicyclic) bond motifs is 3. The summed E-state index contributed by atoms with van der Waals surface area (Å²) in [6, 6.07) is 32.7. The van der Waals surface area contributed by atoms with Crippen LogP contribution in [0.4, 0.5) is 0 Å². The second kappa shape index (κ2) is 7.70. The second-order valence-corrected chi connectivity index (χ2v) is 8.45. The predicted molar refractivity (Wildman–Crippen MR) is 133 cm³/mol. The zero-order valence-electron chi connectivity index (χ0n) is 17.0. The Morgan fingerprint density at radius 3 is 1.94 bits per heavy atom. The van der Waals surface area contributed by atoms with Crippen molar-refractivity contribution in [3.8, 4) is 28.5 Å². The van der Waals surface area contributed by atoms with Gasteiger partial charge in [-0.05, 0) is 36.4 Å². The molecule has 0 aliphatic rings. The lowest BCUT2D eigenvalue weighted by atomic mass is 10.1. The van der Waals surface area contributed by atoms with Gasteiger partial charge in [0.2, 0.25) is 5.95 Å². The summed E-state index contributed by atoms with van der Waals surface area (Å²) in [7, 11) is 0. The molecule has 0 fully saturated rings. The summed E-state index contributed by atoms with van der Waals surface area (Å²) in [5.74, 6) is 0.622. The third-order valence-electron chi connectivity index (χ3n) is 5.54. The van der Waals surface area contributed by atoms with Crippen molar-refractivity contribution in [2.24, 2.45) is 0 Å².